The smallest absolute Gasteiger partial charge is 0.326 e. The number of hydrogen-bond acceptors (Lipinski definition) is 6. The van der Waals surface area contributed by atoms with Gasteiger partial charge in [-0.05, 0) is 25.0 Å². The Labute approximate surface area is 144 Å². The molecule has 0 saturated carbocycles. The van der Waals surface area contributed by atoms with Gasteiger partial charge < -0.3 is 20.9 Å². The molecule has 0 spiro atoms. The zero-order valence-electron chi connectivity index (χ0n) is 14.1. The Balaban J connectivity index is 1.58. The molecule has 130 valence electrons. The summed E-state index contributed by atoms with van der Waals surface area (Å²) in [5.41, 5.74) is 8.53. The van der Waals surface area contributed by atoms with Gasteiger partial charge in [0, 0.05) is 26.2 Å². The van der Waals surface area contributed by atoms with Gasteiger partial charge in [0.15, 0.2) is 11.6 Å². The molecule has 0 aliphatic carbocycles. The molecule has 1 fully saturated rings. The second-order valence-corrected chi connectivity index (χ2v) is 6.25. The summed E-state index contributed by atoms with van der Waals surface area (Å²) in [4.78, 5) is 25.9. The van der Waals surface area contributed by atoms with Gasteiger partial charge in [-0.25, -0.2) is 14.8 Å². The van der Waals surface area contributed by atoms with Crippen LogP contribution in [0, 0.1) is 0 Å². The van der Waals surface area contributed by atoms with E-state index in [1.807, 2.05) is 28.8 Å². The third-order valence-electron chi connectivity index (χ3n) is 4.85. The van der Waals surface area contributed by atoms with Crippen LogP contribution in [0.3, 0.4) is 0 Å². The van der Waals surface area contributed by atoms with Crippen LogP contribution in [-0.4, -0.2) is 39.7 Å². The SMILES string of the molecule is CNc1ncnc(N2CCC(n3c(=O)[nH]c4ccccc43)CC2)c1N. The van der Waals surface area contributed by atoms with Crippen molar-refractivity contribution in [2.45, 2.75) is 18.9 Å². The molecule has 25 heavy (non-hydrogen) atoms. The molecule has 0 unspecified atom stereocenters. The highest BCUT2D eigenvalue weighted by Crippen LogP contribution is 2.31. The van der Waals surface area contributed by atoms with Crippen molar-refractivity contribution in [2.24, 2.45) is 0 Å². The highest BCUT2D eigenvalue weighted by atomic mass is 16.1. The fourth-order valence-corrected chi connectivity index (χ4v) is 3.61. The normalized spacial score (nSPS) is 15.6. The summed E-state index contributed by atoms with van der Waals surface area (Å²) in [6.07, 6.45) is 3.24. The maximum absolute atomic E-state index is 12.4. The molecule has 1 aliphatic heterocycles. The van der Waals surface area contributed by atoms with Crippen LogP contribution >= 0.6 is 0 Å². The zero-order chi connectivity index (χ0) is 17.4. The molecule has 0 radical (unpaired) electrons. The van der Waals surface area contributed by atoms with Crippen molar-refractivity contribution in [2.75, 3.05) is 36.1 Å². The zero-order valence-corrected chi connectivity index (χ0v) is 14.1. The van der Waals surface area contributed by atoms with Gasteiger partial charge in [0.05, 0.1) is 11.0 Å². The summed E-state index contributed by atoms with van der Waals surface area (Å²) in [6.45, 7) is 1.59. The number of benzene rings is 1. The first kappa shape index (κ1) is 15.5. The van der Waals surface area contributed by atoms with Crippen LogP contribution in [-0.2, 0) is 0 Å². The topological polar surface area (TPSA) is 105 Å². The van der Waals surface area contributed by atoms with E-state index in [1.165, 1.54) is 6.33 Å². The van der Waals surface area contributed by atoms with Crippen molar-refractivity contribution in [3.63, 3.8) is 0 Å². The van der Waals surface area contributed by atoms with E-state index in [2.05, 4.69) is 25.2 Å². The predicted octanol–water partition coefficient (Wildman–Crippen LogP) is 1.58. The molecule has 0 atom stereocenters. The van der Waals surface area contributed by atoms with E-state index in [1.54, 1.807) is 7.05 Å². The second-order valence-electron chi connectivity index (χ2n) is 6.25. The van der Waals surface area contributed by atoms with E-state index < -0.39 is 0 Å². The first-order chi connectivity index (χ1) is 12.2. The van der Waals surface area contributed by atoms with Crippen LogP contribution in [0.5, 0.6) is 0 Å². The number of fused-ring (bicyclic) bond motifs is 1. The third-order valence-corrected chi connectivity index (χ3v) is 4.85. The van der Waals surface area contributed by atoms with Gasteiger partial charge in [0.1, 0.15) is 12.0 Å². The number of para-hydroxylation sites is 2. The van der Waals surface area contributed by atoms with E-state index in [0.717, 1.165) is 42.8 Å². The molecule has 3 heterocycles. The summed E-state index contributed by atoms with van der Waals surface area (Å²) in [7, 11) is 1.79. The van der Waals surface area contributed by atoms with E-state index >= 15 is 0 Å². The predicted molar refractivity (Wildman–Crippen MR) is 99.0 cm³/mol. The number of nitrogen functional groups attached to an aromatic ring is 1. The standard InChI is InChI=1S/C17H21N7O/c1-19-15-14(18)16(21-10-20-15)23-8-6-11(7-9-23)24-13-5-3-2-4-12(13)22-17(24)25/h2-5,10-11H,6-9,18H2,1H3,(H,22,25)(H,19,20,21). The van der Waals surface area contributed by atoms with Crippen molar-refractivity contribution in [3.8, 4) is 0 Å². The van der Waals surface area contributed by atoms with Crippen LogP contribution in [0.15, 0.2) is 35.4 Å². The molecule has 1 aliphatic rings. The Kier molecular flexibility index (Phi) is 3.79. The number of anilines is 3. The van der Waals surface area contributed by atoms with E-state index in [0.29, 0.717) is 11.5 Å². The van der Waals surface area contributed by atoms with Gasteiger partial charge in [-0.15, -0.1) is 0 Å². The van der Waals surface area contributed by atoms with Crippen molar-refractivity contribution in [1.82, 2.24) is 19.5 Å². The molecular weight excluding hydrogens is 318 g/mol. The summed E-state index contributed by atoms with van der Waals surface area (Å²) < 4.78 is 1.88. The van der Waals surface area contributed by atoms with Crippen molar-refractivity contribution >= 4 is 28.4 Å². The maximum atomic E-state index is 12.4. The van der Waals surface area contributed by atoms with E-state index in [4.69, 9.17) is 5.73 Å². The summed E-state index contributed by atoms with van der Waals surface area (Å²) in [5.74, 6) is 1.39. The van der Waals surface area contributed by atoms with Gasteiger partial charge in [-0.2, -0.15) is 0 Å². The lowest BCUT2D eigenvalue weighted by Gasteiger charge is -2.33. The molecule has 8 nitrogen and oxygen atoms in total. The number of nitrogens with two attached hydrogens (primary N) is 1. The molecule has 4 N–H and O–H groups in total. The van der Waals surface area contributed by atoms with Crippen LogP contribution < -0.4 is 21.6 Å². The van der Waals surface area contributed by atoms with E-state index in [-0.39, 0.29) is 11.7 Å². The monoisotopic (exact) mass is 339 g/mol. The number of imidazole rings is 1. The minimum absolute atomic E-state index is 0.0429. The number of H-pyrrole nitrogens is 1. The summed E-state index contributed by atoms with van der Waals surface area (Å²) >= 11 is 0. The Morgan fingerprint density at radius 1 is 1.24 bits per heavy atom. The second kappa shape index (κ2) is 6.12. The lowest BCUT2D eigenvalue weighted by Crippen LogP contribution is -2.37. The van der Waals surface area contributed by atoms with E-state index in [9.17, 15) is 4.79 Å². The Morgan fingerprint density at radius 2 is 2.00 bits per heavy atom. The van der Waals surface area contributed by atoms with Gasteiger partial charge in [0.2, 0.25) is 0 Å². The fraction of sp³-hybridized carbons (Fsp3) is 0.353. The van der Waals surface area contributed by atoms with Crippen LogP contribution in [0.2, 0.25) is 0 Å². The highest BCUT2D eigenvalue weighted by Gasteiger charge is 2.25. The largest absolute Gasteiger partial charge is 0.393 e. The molecule has 1 aromatic carbocycles. The number of hydrogen-bond donors (Lipinski definition) is 3. The minimum atomic E-state index is -0.0429. The Hall–Kier alpha value is -3.03. The summed E-state index contributed by atoms with van der Waals surface area (Å²) in [6, 6.07) is 7.99. The maximum Gasteiger partial charge on any atom is 0.326 e. The Morgan fingerprint density at radius 3 is 2.76 bits per heavy atom. The van der Waals surface area contributed by atoms with Gasteiger partial charge in [-0.3, -0.25) is 4.57 Å². The molecule has 0 amide bonds. The average molecular weight is 339 g/mol. The summed E-state index contributed by atoms with van der Waals surface area (Å²) in [5, 5.41) is 2.98. The quantitative estimate of drug-likeness (QED) is 0.669. The van der Waals surface area contributed by atoms with Gasteiger partial charge in [0.25, 0.3) is 0 Å². The number of nitrogens with one attached hydrogen (secondary N) is 2. The lowest BCUT2D eigenvalue weighted by molar-refractivity contribution is 0.395. The number of nitrogens with zero attached hydrogens (tertiary/aromatic N) is 4. The molecular formula is C17H21N7O. The number of piperidine rings is 1. The minimum Gasteiger partial charge on any atom is -0.393 e. The number of aromatic amines is 1. The van der Waals surface area contributed by atoms with Crippen LogP contribution in [0.1, 0.15) is 18.9 Å². The highest BCUT2D eigenvalue weighted by molar-refractivity contribution is 5.76. The fourth-order valence-electron chi connectivity index (χ4n) is 3.61. The van der Waals surface area contributed by atoms with Gasteiger partial charge >= 0.3 is 5.69 Å². The molecule has 1 saturated heterocycles. The van der Waals surface area contributed by atoms with Crippen molar-refractivity contribution in [3.05, 3.63) is 41.1 Å². The van der Waals surface area contributed by atoms with Gasteiger partial charge in [-0.1, -0.05) is 12.1 Å². The molecule has 2 aromatic heterocycles. The van der Waals surface area contributed by atoms with Crippen LogP contribution in [0.4, 0.5) is 17.3 Å². The third kappa shape index (κ3) is 2.59. The molecule has 8 heteroatoms. The molecule has 0 bridgehead atoms. The Bertz CT molecular complexity index is 953. The first-order valence-corrected chi connectivity index (χ1v) is 8.41. The molecule has 3 aromatic rings. The first-order valence-electron chi connectivity index (χ1n) is 8.41. The number of rotatable bonds is 3. The van der Waals surface area contributed by atoms with Crippen molar-refractivity contribution < 1.29 is 0 Å². The van der Waals surface area contributed by atoms with Crippen LogP contribution in [0.25, 0.3) is 11.0 Å². The molecule has 4 rings (SSSR count). The lowest BCUT2D eigenvalue weighted by atomic mass is 10.0. The number of aromatic nitrogens is 4. The average Bonchev–Trinajstić information content (AvgIpc) is 2.98. The van der Waals surface area contributed by atoms with Crippen molar-refractivity contribution in [1.29, 1.82) is 0 Å².